The zero-order chi connectivity index (χ0) is 13.5. The predicted octanol–water partition coefficient (Wildman–Crippen LogP) is 2.92. The SMILES string of the molecule is CCNCCC(=O)Cc1nc(-c2ccccc2)cs1. The zero-order valence-corrected chi connectivity index (χ0v) is 11.9. The number of benzene rings is 1. The molecule has 4 heteroatoms. The highest BCUT2D eigenvalue weighted by molar-refractivity contribution is 7.10. The van der Waals surface area contributed by atoms with Crippen molar-refractivity contribution in [2.75, 3.05) is 13.1 Å². The van der Waals surface area contributed by atoms with E-state index in [0.29, 0.717) is 12.8 Å². The van der Waals surface area contributed by atoms with Crippen molar-refractivity contribution < 1.29 is 4.79 Å². The maximum absolute atomic E-state index is 11.8. The van der Waals surface area contributed by atoms with Crippen molar-refractivity contribution in [3.05, 3.63) is 40.7 Å². The van der Waals surface area contributed by atoms with Crippen molar-refractivity contribution in [2.45, 2.75) is 19.8 Å². The Hall–Kier alpha value is -1.52. The molecule has 0 saturated heterocycles. The van der Waals surface area contributed by atoms with Gasteiger partial charge in [-0.25, -0.2) is 4.98 Å². The first-order valence-corrected chi connectivity index (χ1v) is 7.40. The third kappa shape index (κ3) is 4.26. The van der Waals surface area contributed by atoms with Gasteiger partial charge in [-0.2, -0.15) is 0 Å². The molecule has 100 valence electrons. The van der Waals surface area contributed by atoms with E-state index in [0.717, 1.165) is 29.4 Å². The first-order chi connectivity index (χ1) is 9.29. The molecular formula is C15H18N2OS. The van der Waals surface area contributed by atoms with Crippen LogP contribution in [0.5, 0.6) is 0 Å². The standard InChI is InChI=1S/C15H18N2OS/c1-2-16-9-8-13(18)10-15-17-14(11-19-15)12-6-4-3-5-7-12/h3-7,11,16H,2,8-10H2,1H3. The summed E-state index contributed by atoms with van der Waals surface area (Å²) < 4.78 is 0. The fourth-order valence-electron chi connectivity index (χ4n) is 1.80. The first-order valence-electron chi connectivity index (χ1n) is 6.52. The van der Waals surface area contributed by atoms with E-state index < -0.39 is 0 Å². The van der Waals surface area contributed by atoms with E-state index in [1.54, 1.807) is 11.3 Å². The van der Waals surface area contributed by atoms with Crippen molar-refractivity contribution in [3.63, 3.8) is 0 Å². The number of carbonyl (C=O) groups is 1. The molecule has 0 spiro atoms. The molecule has 1 heterocycles. The summed E-state index contributed by atoms with van der Waals surface area (Å²) in [4.78, 5) is 16.3. The van der Waals surface area contributed by atoms with Gasteiger partial charge in [0.15, 0.2) is 0 Å². The van der Waals surface area contributed by atoms with Crippen LogP contribution in [0.3, 0.4) is 0 Å². The third-order valence-electron chi connectivity index (χ3n) is 2.80. The summed E-state index contributed by atoms with van der Waals surface area (Å²) in [6.07, 6.45) is 1.02. The van der Waals surface area contributed by atoms with Gasteiger partial charge in [-0.15, -0.1) is 11.3 Å². The van der Waals surface area contributed by atoms with Gasteiger partial charge in [-0.3, -0.25) is 4.79 Å². The maximum atomic E-state index is 11.8. The highest BCUT2D eigenvalue weighted by Gasteiger charge is 2.08. The number of nitrogens with zero attached hydrogens (tertiary/aromatic N) is 1. The Bertz CT molecular complexity index is 522. The number of aromatic nitrogens is 1. The summed E-state index contributed by atoms with van der Waals surface area (Å²) in [6, 6.07) is 10.0. The number of thiazole rings is 1. The lowest BCUT2D eigenvalue weighted by Gasteiger charge is -1.99. The maximum Gasteiger partial charge on any atom is 0.140 e. The van der Waals surface area contributed by atoms with Crippen LogP contribution in [0.25, 0.3) is 11.3 Å². The minimum atomic E-state index is 0.245. The summed E-state index contributed by atoms with van der Waals surface area (Å²) in [5.41, 5.74) is 2.06. The van der Waals surface area contributed by atoms with Gasteiger partial charge < -0.3 is 5.32 Å². The molecule has 1 aromatic carbocycles. The fourth-order valence-corrected chi connectivity index (χ4v) is 2.63. The molecule has 2 rings (SSSR count). The Labute approximate surface area is 117 Å². The topological polar surface area (TPSA) is 42.0 Å². The van der Waals surface area contributed by atoms with Crippen molar-refractivity contribution >= 4 is 17.1 Å². The molecule has 0 bridgehead atoms. The first kappa shape index (κ1) is 13.9. The number of hydrogen-bond donors (Lipinski definition) is 1. The number of rotatable bonds is 7. The van der Waals surface area contributed by atoms with Crippen LogP contribution in [-0.4, -0.2) is 23.9 Å². The number of Topliss-reactive ketones (excluding diaryl/α,β-unsaturated/α-hetero) is 1. The largest absolute Gasteiger partial charge is 0.317 e. The van der Waals surface area contributed by atoms with Crippen molar-refractivity contribution in [1.29, 1.82) is 0 Å². The van der Waals surface area contributed by atoms with Gasteiger partial charge in [-0.1, -0.05) is 37.3 Å². The summed E-state index contributed by atoms with van der Waals surface area (Å²) in [5, 5.41) is 6.08. The molecule has 0 amide bonds. The van der Waals surface area contributed by atoms with Crippen LogP contribution >= 0.6 is 11.3 Å². The highest BCUT2D eigenvalue weighted by Crippen LogP contribution is 2.21. The second-order valence-corrected chi connectivity index (χ2v) is 5.25. The predicted molar refractivity (Wildman–Crippen MR) is 79.4 cm³/mol. The molecular weight excluding hydrogens is 256 g/mol. The number of carbonyl (C=O) groups excluding carboxylic acids is 1. The zero-order valence-electron chi connectivity index (χ0n) is 11.1. The smallest absolute Gasteiger partial charge is 0.140 e. The second kappa shape index (κ2) is 7.16. The lowest BCUT2D eigenvalue weighted by molar-refractivity contribution is -0.118. The van der Waals surface area contributed by atoms with E-state index in [2.05, 4.69) is 10.3 Å². The van der Waals surface area contributed by atoms with Crippen LogP contribution < -0.4 is 5.32 Å². The summed E-state index contributed by atoms with van der Waals surface area (Å²) in [5.74, 6) is 0.245. The number of nitrogens with one attached hydrogen (secondary N) is 1. The number of ketones is 1. The quantitative estimate of drug-likeness (QED) is 0.789. The lowest BCUT2D eigenvalue weighted by atomic mass is 10.2. The molecule has 0 saturated carbocycles. The van der Waals surface area contributed by atoms with E-state index in [9.17, 15) is 4.79 Å². The average Bonchev–Trinajstić information content (AvgIpc) is 2.88. The van der Waals surface area contributed by atoms with Crippen LogP contribution in [0.1, 0.15) is 18.4 Å². The molecule has 1 aromatic heterocycles. The van der Waals surface area contributed by atoms with E-state index in [4.69, 9.17) is 0 Å². The van der Waals surface area contributed by atoms with E-state index >= 15 is 0 Å². The minimum Gasteiger partial charge on any atom is -0.317 e. The van der Waals surface area contributed by atoms with Gasteiger partial charge in [0.25, 0.3) is 0 Å². The normalized spacial score (nSPS) is 10.6. The van der Waals surface area contributed by atoms with Crippen LogP contribution in [0.15, 0.2) is 35.7 Å². The molecule has 0 radical (unpaired) electrons. The van der Waals surface area contributed by atoms with E-state index in [1.165, 1.54) is 0 Å². The van der Waals surface area contributed by atoms with Gasteiger partial charge >= 0.3 is 0 Å². The van der Waals surface area contributed by atoms with Gasteiger partial charge in [0.2, 0.25) is 0 Å². The minimum absolute atomic E-state index is 0.245. The Balaban J connectivity index is 1.93. The lowest BCUT2D eigenvalue weighted by Crippen LogP contribution is -2.18. The molecule has 1 N–H and O–H groups in total. The van der Waals surface area contributed by atoms with Crippen LogP contribution in [0.4, 0.5) is 0 Å². The van der Waals surface area contributed by atoms with E-state index in [-0.39, 0.29) is 5.78 Å². The highest BCUT2D eigenvalue weighted by atomic mass is 32.1. The van der Waals surface area contributed by atoms with Crippen molar-refractivity contribution in [2.24, 2.45) is 0 Å². The van der Waals surface area contributed by atoms with Crippen molar-refractivity contribution in [1.82, 2.24) is 10.3 Å². The van der Waals surface area contributed by atoms with Gasteiger partial charge in [0, 0.05) is 23.9 Å². The van der Waals surface area contributed by atoms with Gasteiger partial charge in [-0.05, 0) is 6.54 Å². The third-order valence-corrected chi connectivity index (χ3v) is 3.65. The Morgan fingerprint density at radius 1 is 1.32 bits per heavy atom. The molecule has 0 aliphatic heterocycles. The number of hydrogen-bond acceptors (Lipinski definition) is 4. The molecule has 0 fully saturated rings. The summed E-state index contributed by atoms with van der Waals surface area (Å²) >= 11 is 1.56. The Kier molecular flexibility index (Phi) is 5.24. The average molecular weight is 274 g/mol. The van der Waals surface area contributed by atoms with Gasteiger partial charge in [0.1, 0.15) is 10.8 Å². The monoisotopic (exact) mass is 274 g/mol. The molecule has 0 aliphatic carbocycles. The van der Waals surface area contributed by atoms with E-state index in [1.807, 2.05) is 42.6 Å². The Morgan fingerprint density at radius 2 is 2.11 bits per heavy atom. The summed E-state index contributed by atoms with van der Waals surface area (Å²) in [6.45, 7) is 3.70. The molecule has 0 aliphatic rings. The molecule has 0 unspecified atom stereocenters. The molecule has 19 heavy (non-hydrogen) atoms. The molecule has 2 aromatic rings. The fraction of sp³-hybridized carbons (Fsp3) is 0.333. The molecule has 0 atom stereocenters. The second-order valence-electron chi connectivity index (χ2n) is 4.31. The van der Waals surface area contributed by atoms with Crippen LogP contribution in [0.2, 0.25) is 0 Å². The van der Waals surface area contributed by atoms with Gasteiger partial charge in [0.05, 0.1) is 12.1 Å². The Morgan fingerprint density at radius 3 is 2.84 bits per heavy atom. The summed E-state index contributed by atoms with van der Waals surface area (Å²) in [7, 11) is 0. The van der Waals surface area contributed by atoms with Crippen molar-refractivity contribution in [3.8, 4) is 11.3 Å². The molecule has 3 nitrogen and oxygen atoms in total. The van der Waals surface area contributed by atoms with Crippen LogP contribution in [-0.2, 0) is 11.2 Å². The van der Waals surface area contributed by atoms with Crippen LogP contribution in [0, 0.1) is 0 Å².